The highest BCUT2D eigenvalue weighted by molar-refractivity contribution is 7.89. The zero-order valence-corrected chi connectivity index (χ0v) is 11.1. The summed E-state index contributed by atoms with van der Waals surface area (Å²) in [5.41, 5.74) is 0.544. The van der Waals surface area contributed by atoms with Crippen molar-refractivity contribution < 1.29 is 18.0 Å². The fourth-order valence-electron chi connectivity index (χ4n) is 1.52. The van der Waals surface area contributed by atoms with Crippen molar-refractivity contribution in [3.8, 4) is 0 Å². The molecule has 0 bridgehead atoms. The largest absolute Gasteiger partial charge is 0.389 e. The van der Waals surface area contributed by atoms with Gasteiger partial charge < -0.3 is 9.63 Å². The van der Waals surface area contributed by atoms with E-state index in [-0.39, 0.29) is 11.4 Å². The van der Waals surface area contributed by atoms with E-state index in [0.717, 1.165) is 0 Å². The van der Waals surface area contributed by atoms with E-state index in [4.69, 9.17) is 4.52 Å². The second-order valence-electron chi connectivity index (χ2n) is 4.05. The van der Waals surface area contributed by atoms with Crippen LogP contribution in [0, 0.1) is 0 Å². The van der Waals surface area contributed by atoms with Crippen LogP contribution < -0.4 is 4.72 Å². The van der Waals surface area contributed by atoms with Gasteiger partial charge >= 0.3 is 0 Å². The Kier molecular flexibility index (Phi) is 3.98. The maximum absolute atomic E-state index is 12.0. The van der Waals surface area contributed by atoms with Crippen LogP contribution in [0.2, 0.25) is 0 Å². The SMILES string of the molecule is CC(O)c1cccc(S(=O)(=O)NCc2ccno2)c1. The van der Waals surface area contributed by atoms with Crippen LogP contribution in [0.4, 0.5) is 0 Å². The molecule has 0 aliphatic heterocycles. The molecule has 1 heterocycles. The van der Waals surface area contributed by atoms with Crippen LogP contribution in [-0.2, 0) is 16.6 Å². The first-order valence-electron chi connectivity index (χ1n) is 5.66. The van der Waals surface area contributed by atoms with Crippen molar-refractivity contribution in [3.63, 3.8) is 0 Å². The van der Waals surface area contributed by atoms with Gasteiger partial charge in [0.1, 0.15) is 0 Å². The number of rotatable bonds is 5. The summed E-state index contributed by atoms with van der Waals surface area (Å²) in [7, 11) is -3.64. The lowest BCUT2D eigenvalue weighted by Crippen LogP contribution is -2.23. The van der Waals surface area contributed by atoms with Gasteiger partial charge in [0, 0.05) is 6.07 Å². The summed E-state index contributed by atoms with van der Waals surface area (Å²) in [4.78, 5) is 0.102. The Balaban J connectivity index is 2.17. The van der Waals surface area contributed by atoms with Gasteiger partial charge in [0.15, 0.2) is 5.76 Å². The van der Waals surface area contributed by atoms with E-state index in [9.17, 15) is 13.5 Å². The summed E-state index contributed by atoms with van der Waals surface area (Å²) in [6.45, 7) is 1.61. The van der Waals surface area contributed by atoms with Crippen LogP contribution in [0.15, 0.2) is 45.9 Å². The first-order chi connectivity index (χ1) is 8.99. The fourth-order valence-corrected chi connectivity index (χ4v) is 2.57. The number of aromatic nitrogens is 1. The Hall–Kier alpha value is -1.70. The van der Waals surface area contributed by atoms with Gasteiger partial charge in [-0.15, -0.1) is 0 Å². The lowest BCUT2D eigenvalue weighted by molar-refractivity contribution is 0.199. The molecule has 2 N–H and O–H groups in total. The Morgan fingerprint density at radius 3 is 2.84 bits per heavy atom. The molecule has 6 nitrogen and oxygen atoms in total. The van der Waals surface area contributed by atoms with E-state index in [1.165, 1.54) is 18.3 Å². The van der Waals surface area contributed by atoms with Crippen molar-refractivity contribution >= 4 is 10.0 Å². The third-order valence-corrected chi connectivity index (χ3v) is 3.98. The standard InChI is InChI=1S/C12H14N2O4S/c1-9(15)10-3-2-4-12(7-10)19(16,17)14-8-11-5-6-13-18-11/h2-7,9,14-15H,8H2,1H3. The summed E-state index contributed by atoms with van der Waals surface area (Å²) >= 11 is 0. The summed E-state index contributed by atoms with van der Waals surface area (Å²) in [5.74, 6) is 0.426. The molecule has 0 saturated carbocycles. The van der Waals surface area contributed by atoms with Gasteiger partial charge in [-0.25, -0.2) is 13.1 Å². The molecule has 0 radical (unpaired) electrons. The van der Waals surface area contributed by atoms with E-state index in [0.29, 0.717) is 11.3 Å². The Bertz CT molecular complexity index is 636. The summed E-state index contributed by atoms with van der Waals surface area (Å²) in [6.07, 6.45) is 0.724. The lowest BCUT2D eigenvalue weighted by atomic mass is 10.1. The molecule has 0 aliphatic rings. The summed E-state index contributed by atoms with van der Waals surface area (Å²) in [6, 6.07) is 7.74. The van der Waals surface area contributed by atoms with Gasteiger partial charge in [0.2, 0.25) is 10.0 Å². The molecular weight excluding hydrogens is 268 g/mol. The van der Waals surface area contributed by atoms with E-state index in [2.05, 4.69) is 9.88 Å². The third kappa shape index (κ3) is 3.40. The molecule has 7 heteroatoms. The Labute approximate surface area is 111 Å². The highest BCUT2D eigenvalue weighted by Crippen LogP contribution is 2.17. The van der Waals surface area contributed by atoms with Crippen molar-refractivity contribution in [1.82, 2.24) is 9.88 Å². The zero-order chi connectivity index (χ0) is 13.9. The average Bonchev–Trinajstić information content (AvgIpc) is 2.90. The van der Waals surface area contributed by atoms with Crippen LogP contribution in [0.3, 0.4) is 0 Å². The average molecular weight is 282 g/mol. The van der Waals surface area contributed by atoms with Crippen molar-refractivity contribution in [3.05, 3.63) is 47.9 Å². The summed E-state index contributed by atoms with van der Waals surface area (Å²) in [5, 5.41) is 12.9. The van der Waals surface area contributed by atoms with E-state index in [1.54, 1.807) is 25.1 Å². The van der Waals surface area contributed by atoms with Gasteiger partial charge in [0.25, 0.3) is 0 Å². The van der Waals surface area contributed by atoms with E-state index >= 15 is 0 Å². The normalized spacial score (nSPS) is 13.4. The predicted octanol–water partition coefficient (Wildman–Crippen LogP) is 1.21. The van der Waals surface area contributed by atoms with Gasteiger partial charge in [-0.2, -0.15) is 0 Å². The molecule has 1 unspecified atom stereocenters. The third-order valence-electron chi connectivity index (χ3n) is 2.58. The minimum absolute atomic E-state index is 0.0290. The van der Waals surface area contributed by atoms with Crippen molar-refractivity contribution in [2.24, 2.45) is 0 Å². The predicted molar refractivity (Wildman–Crippen MR) is 67.6 cm³/mol. The van der Waals surface area contributed by atoms with E-state index < -0.39 is 16.1 Å². The highest BCUT2D eigenvalue weighted by Gasteiger charge is 2.15. The fraction of sp³-hybridized carbons (Fsp3) is 0.250. The van der Waals surface area contributed by atoms with Crippen molar-refractivity contribution in [2.45, 2.75) is 24.5 Å². The Morgan fingerprint density at radius 2 is 2.21 bits per heavy atom. The molecule has 1 aromatic heterocycles. The molecule has 2 aromatic rings. The maximum Gasteiger partial charge on any atom is 0.240 e. The smallest absolute Gasteiger partial charge is 0.240 e. The van der Waals surface area contributed by atoms with Gasteiger partial charge in [0.05, 0.1) is 23.7 Å². The highest BCUT2D eigenvalue weighted by atomic mass is 32.2. The quantitative estimate of drug-likeness (QED) is 0.859. The van der Waals surface area contributed by atoms with Crippen molar-refractivity contribution in [1.29, 1.82) is 0 Å². The zero-order valence-electron chi connectivity index (χ0n) is 10.3. The molecule has 0 amide bonds. The van der Waals surface area contributed by atoms with Crippen molar-refractivity contribution in [2.75, 3.05) is 0 Å². The second kappa shape index (κ2) is 5.52. The maximum atomic E-state index is 12.0. The van der Waals surface area contributed by atoms with Crippen LogP contribution in [0.1, 0.15) is 24.4 Å². The first kappa shape index (κ1) is 13.7. The van der Waals surface area contributed by atoms with Gasteiger partial charge in [-0.3, -0.25) is 0 Å². The number of aliphatic hydroxyl groups is 1. The van der Waals surface area contributed by atoms with Crippen LogP contribution in [0.5, 0.6) is 0 Å². The molecule has 1 aromatic carbocycles. The number of nitrogens with one attached hydrogen (secondary N) is 1. The second-order valence-corrected chi connectivity index (χ2v) is 5.82. The summed E-state index contributed by atoms with van der Waals surface area (Å²) < 4.78 is 31.3. The molecule has 2 rings (SSSR count). The molecule has 1 atom stereocenters. The van der Waals surface area contributed by atoms with Crippen LogP contribution >= 0.6 is 0 Å². The Morgan fingerprint density at radius 1 is 1.42 bits per heavy atom. The molecule has 19 heavy (non-hydrogen) atoms. The minimum atomic E-state index is -3.64. The first-order valence-corrected chi connectivity index (χ1v) is 7.14. The number of benzene rings is 1. The molecular formula is C12H14N2O4S. The van der Waals surface area contributed by atoms with Gasteiger partial charge in [-0.05, 0) is 24.6 Å². The number of sulfonamides is 1. The van der Waals surface area contributed by atoms with E-state index in [1.807, 2.05) is 0 Å². The number of aliphatic hydroxyl groups excluding tert-OH is 1. The molecule has 0 aliphatic carbocycles. The minimum Gasteiger partial charge on any atom is -0.389 e. The van der Waals surface area contributed by atoms with Crippen LogP contribution in [-0.4, -0.2) is 18.7 Å². The monoisotopic (exact) mass is 282 g/mol. The lowest BCUT2D eigenvalue weighted by Gasteiger charge is -2.08. The topological polar surface area (TPSA) is 92.4 Å². The molecule has 0 spiro atoms. The van der Waals surface area contributed by atoms with Gasteiger partial charge in [-0.1, -0.05) is 17.3 Å². The molecule has 102 valence electrons. The number of nitrogens with zero attached hydrogens (tertiary/aromatic N) is 1. The van der Waals surface area contributed by atoms with Crippen LogP contribution in [0.25, 0.3) is 0 Å². The molecule has 0 saturated heterocycles. The molecule has 0 fully saturated rings. The number of hydrogen-bond donors (Lipinski definition) is 2. The number of hydrogen-bond acceptors (Lipinski definition) is 5.